The van der Waals surface area contributed by atoms with Crippen molar-refractivity contribution in [1.82, 2.24) is 19.4 Å². The molecule has 1 amide bonds. The normalized spacial score (nSPS) is 19.4. The average Bonchev–Trinajstić information content (AvgIpc) is 2.85. The lowest BCUT2D eigenvalue weighted by Gasteiger charge is -2.42. The number of nitrogens with zero attached hydrogens (tertiary/aromatic N) is 4. The Morgan fingerprint density at radius 3 is 2.48 bits per heavy atom. The quantitative estimate of drug-likeness (QED) is 0.654. The van der Waals surface area contributed by atoms with Gasteiger partial charge in [0.25, 0.3) is 5.56 Å². The number of aromatic nitrogens is 3. The molecule has 2 fully saturated rings. The molecule has 160 valence electrons. The SMILES string of the molecule is O=C(N1CCC(n2cnc3ncccc3c2=O)CC1)C1(c2ccccc2)CCOCC1. The smallest absolute Gasteiger partial charge is 0.263 e. The van der Waals surface area contributed by atoms with Crippen LogP contribution in [0.4, 0.5) is 0 Å². The number of hydrogen-bond acceptors (Lipinski definition) is 5. The van der Waals surface area contributed by atoms with Gasteiger partial charge >= 0.3 is 0 Å². The number of fused-ring (bicyclic) bond motifs is 1. The molecule has 4 heterocycles. The number of rotatable bonds is 3. The molecule has 2 aliphatic rings. The Kier molecular flexibility index (Phi) is 5.28. The molecule has 0 bridgehead atoms. The average molecular weight is 418 g/mol. The molecule has 0 N–H and O–H groups in total. The van der Waals surface area contributed by atoms with Crippen LogP contribution < -0.4 is 5.56 Å². The van der Waals surface area contributed by atoms with Crippen LogP contribution in [0, 0.1) is 0 Å². The molecule has 0 aliphatic carbocycles. The third-order valence-corrected chi connectivity index (χ3v) is 6.78. The van der Waals surface area contributed by atoms with Crippen molar-refractivity contribution in [2.75, 3.05) is 26.3 Å². The summed E-state index contributed by atoms with van der Waals surface area (Å²) >= 11 is 0. The Bertz CT molecular complexity index is 1130. The number of ether oxygens (including phenoxy) is 1. The van der Waals surface area contributed by atoms with E-state index in [9.17, 15) is 9.59 Å². The van der Waals surface area contributed by atoms with Crippen molar-refractivity contribution in [2.45, 2.75) is 37.1 Å². The summed E-state index contributed by atoms with van der Waals surface area (Å²) in [6.07, 6.45) is 6.13. The number of pyridine rings is 1. The number of benzene rings is 1. The van der Waals surface area contributed by atoms with Gasteiger partial charge in [0.15, 0.2) is 5.65 Å². The van der Waals surface area contributed by atoms with Crippen LogP contribution in [0.2, 0.25) is 0 Å². The summed E-state index contributed by atoms with van der Waals surface area (Å²) in [5.74, 6) is 0.189. The standard InChI is InChI=1S/C24H26N4O3/c29-22-20-7-4-12-25-21(20)26-17-28(22)19-8-13-27(14-9-19)23(30)24(10-15-31-16-11-24)18-5-2-1-3-6-18/h1-7,12,17,19H,8-11,13-16H2. The van der Waals surface area contributed by atoms with Gasteiger partial charge in [0.05, 0.1) is 10.8 Å². The maximum absolute atomic E-state index is 13.7. The molecule has 0 atom stereocenters. The van der Waals surface area contributed by atoms with Gasteiger partial charge in [-0.2, -0.15) is 0 Å². The number of carbonyl (C=O) groups excluding carboxylic acids is 1. The lowest BCUT2D eigenvalue weighted by atomic mass is 9.72. The van der Waals surface area contributed by atoms with Gasteiger partial charge in [-0.25, -0.2) is 9.97 Å². The van der Waals surface area contributed by atoms with Gasteiger partial charge in [-0.3, -0.25) is 14.2 Å². The number of likely N-dealkylation sites (tertiary alicyclic amines) is 1. The summed E-state index contributed by atoms with van der Waals surface area (Å²) in [6, 6.07) is 13.7. The second-order valence-corrected chi connectivity index (χ2v) is 8.42. The van der Waals surface area contributed by atoms with E-state index >= 15 is 0 Å². The molecule has 2 aliphatic heterocycles. The summed E-state index contributed by atoms with van der Waals surface area (Å²) in [7, 11) is 0. The van der Waals surface area contributed by atoms with Crippen LogP contribution in [0.1, 0.15) is 37.3 Å². The first-order valence-electron chi connectivity index (χ1n) is 10.9. The number of hydrogen-bond donors (Lipinski definition) is 0. The van der Waals surface area contributed by atoms with Crippen LogP contribution >= 0.6 is 0 Å². The van der Waals surface area contributed by atoms with Crippen molar-refractivity contribution in [3.63, 3.8) is 0 Å². The van der Waals surface area contributed by atoms with Crippen LogP contribution in [0.25, 0.3) is 11.0 Å². The van der Waals surface area contributed by atoms with Crippen LogP contribution in [0.15, 0.2) is 59.8 Å². The van der Waals surface area contributed by atoms with Gasteiger partial charge in [-0.05, 0) is 43.4 Å². The molecule has 2 aromatic heterocycles. The van der Waals surface area contributed by atoms with Crippen molar-refractivity contribution in [1.29, 1.82) is 0 Å². The second-order valence-electron chi connectivity index (χ2n) is 8.42. The Balaban J connectivity index is 1.36. The zero-order chi connectivity index (χ0) is 21.3. The monoisotopic (exact) mass is 418 g/mol. The molecule has 0 saturated carbocycles. The topological polar surface area (TPSA) is 77.3 Å². The van der Waals surface area contributed by atoms with Gasteiger partial charge in [0.1, 0.15) is 6.33 Å². The fourth-order valence-corrected chi connectivity index (χ4v) is 4.99. The Labute approximate surface area is 180 Å². The van der Waals surface area contributed by atoms with Crippen LogP contribution in [0.3, 0.4) is 0 Å². The van der Waals surface area contributed by atoms with Crippen molar-refractivity contribution >= 4 is 16.9 Å². The van der Waals surface area contributed by atoms with E-state index in [0.29, 0.717) is 50.2 Å². The molecular weight excluding hydrogens is 392 g/mol. The minimum Gasteiger partial charge on any atom is -0.381 e. The fourth-order valence-electron chi connectivity index (χ4n) is 4.99. The van der Waals surface area contributed by atoms with E-state index in [1.807, 2.05) is 23.1 Å². The summed E-state index contributed by atoms with van der Waals surface area (Å²) in [4.78, 5) is 37.2. The number of carbonyl (C=O) groups is 1. The highest BCUT2D eigenvalue weighted by molar-refractivity contribution is 5.88. The Morgan fingerprint density at radius 1 is 1.00 bits per heavy atom. The van der Waals surface area contributed by atoms with Gasteiger partial charge in [-0.1, -0.05) is 30.3 Å². The summed E-state index contributed by atoms with van der Waals surface area (Å²) < 4.78 is 7.30. The first-order valence-corrected chi connectivity index (χ1v) is 10.9. The Morgan fingerprint density at radius 2 is 1.74 bits per heavy atom. The van der Waals surface area contributed by atoms with Crippen molar-refractivity contribution in [3.8, 4) is 0 Å². The lowest BCUT2D eigenvalue weighted by Crippen LogP contribution is -2.52. The Hall–Kier alpha value is -3.06. The van der Waals surface area contributed by atoms with E-state index in [-0.39, 0.29) is 17.5 Å². The molecule has 2 saturated heterocycles. The molecule has 0 radical (unpaired) electrons. The van der Waals surface area contributed by atoms with E-state index in [4.69, 9.17) is 4.74 Å². The third kappa shape index (κ3) is 3.53. The number of amides is 1. The molecular formula is C24H26N4O3. The zero-order valence-electron chi connectivity index (χ0n) is 17.4. The molecule has 0 spiro atoms. The van der Waals surface area contributed by atoms with Crippen molar-refractivity contribution in [3.05, 3.63) is 70.9 Å². The minimum absolute atomic E-state index is 0.0380. The minimum atomic E-state index is -0.515. The molecule has 7 nitrogen and oxygen atoms in total. The highest BCUT2D eigenvalue weighted by Crippen LogP contribution is 2.38. The highest BCUT2D eigenvalue weighted by Gasteiger charge is 2.44. The van der Waals surface area contributed by atoms with E-state index in [1.54, 1.807) is 29.2 Å². The fraction of sp³-hybridized carbons (Fsp3) is 0.417. The van der Waals surface area contributed by atoms with Gasteiger partial charge in [-0.15, -0.1) is 0 Å². The second kappa shape index (κ2) is 8.23. The first kappa shape index (κ1) is 19.9. The zero-order valence-corrected chi connectivity index (χ0v) is 17.4. The highest BCUT2D eigenvalue weighted by atomic mass is 16.5. The summed E-state index contributed by atoms with van der Waals surface area (Å²) in [5.41, 5.74) is 0.973. The lowest BCUT2D eigenvalue weighted by molar-refractivity contribution is -0.142. The van der Waals surface area contributed by atoms with E-state index in [1.165, 1.54) is 0 Å². The molecule has 0 unspecified atom stereocenters. The first-order chi connectivity index (χ1) is 15.2. The number of piperidine rings is 1. The van der Waals surface area contributed by atoms with Gasteiger partial charge in [0, 0.05) is 38.5 Å². The molecule has 31 heavy (non-hydrogen) atoms. The van der Waals surface area contributed by atoms with Crippen molar-refractivity contribution < 1.29 is 9.53 Å². The van der Waals surface area contributed by atoms with E-state index in [2.05, 4.69) is 22.1 Å². The predicted octanol–water partition coefficient (Wildman–Crippen LogP) is 2.70. The molecule has 7 heteroatoms. The molecule has 5 rings (SSSR count). The molecule has 1 aromatic carbocycles. The van der Waals surface area contributed by atoms with Crippen LogP contribution in [0.5, 0.6) is 0 Å². The summed E-state index contributed by atoms with van der Waals surface area (Å²) in [5, 5.41) is 0.536. The molecule has 3 aromatic rings. The van der Waals surface area contributed by atoms with Crippen LogP contribution in [-0.4, -0.2) is 51.6 Å². The van der Waals surface area contributed by atoms with Crippen LogP contribution in [-0.2, 0) is 14.9 Å². The summed E-state index contributed by atoms with van der Waals surface area (Å²) in [6.45, 7) is 2.47. The van der Waals surface area contributed by atoms with E-state index in [0.717, 1.165) is 18.4 Å². The maximum atomic E-state index is 13.7. The third-order valence-electron chi connectivity index (χ3n) is 6.78. The largest absolute Gasteiger partial charge is 0.381 e. The maximum Gasteiger partial charge on any atom is 0.263 e. The van der Waals surface area contributed by atoms with Gasteiger partial charge in [0.2, 0.25) is 5.91 Å². The predicted molar refractivity (Wildman–Crippen MR) is 117 cm³/mol. The van der Waals surface area contributed by atoms with Crippen molar-refractivity contribution in [2.24, 2.45) is 0 Å². The van der Waals surface area contributed by atoms with E-state index < -0.39 is 5.41 Å². The van der Waals surface area contributed by atoms with Gasteiger partial charge < -0.3 is 9.64 Å².